The molecule has 4 aromatic rings. The van der Waals surface area contributed by atoms with Gasteiger partial charge in [-0.05, 0) is 42.0 Å². The zero-order valence-electron chi connectivity index (χ0n) is 23.3. The quantitative estimate of drug-likeness (QED) is 0.305. The van der Waals surface area contributed by atoms with Crippen LogP contribution in [0.15, 0.2) is 67.3 Å². The largest absolute Gasteiger partial charge is 0.497 e. The number of benzene rings is 2. The van der Waals surface area contributed by atoms with Crippen molar-refractivity contribution < 1.29 is 23.8 Å². The zero-order valence-corrected chi connectivity index (χ0v) is 24.0. The third-order valence-corrected chi connectivity index (χ3v) is 7.28. The van der Waals surface area contributed by atoms with Gasteiger partial charge in [-0.3, -0.25) is 9.36 Å². The van der Waals surface area contributed by atoms with Crippen molar-refractivity contribution in [3.63, 3.8) is 0 Å². The molecule has 1 saturated heterocycles. The molecule has 222 valence electrons. The highest BCUT2D eigenvalue weighted by atomic mass is 35.5. The van der Waals surface area contributed by atoms with E-state index in [1.807, 2.05) is 23.1 Å². The van der Waals surface area contributed by atoms with Gasteiger partial charge < -0.3 is 34.6 Å². The first-order valence-corrected chi connectivity index (χ1v) is 14.0. The van der Waals surface area contributed by atoms with Gasteiger partial charge >= 0.3 is 6.03 Å². The van der Waals surface area contributed by atoms with Crippen LogP contribution in [-0.4, -0.2) is 82.4 Å². The first kappa shape index (κ1) is 28.1. The lowest BCUT2D eigenvalue weighted by Gasteiger charge is -2.41. The van der Waals surface area contributed by atoms with Gasteiger partial charge in [0.05, 0.1) is 7.11 Å². The third-order valence-electron chi connectivity index (χ3n) is 7.09. The fourth-order valence-electron chi connectivity index (χ4n) is 4.88. The van der Waals surface area contributed by atoms with E-state index in [1.165, 1.54) is 4.90 Å². The Kier molecular flexibility index (Phi) is 8.13. The van der Waals surface area contributed by atoms with Gasteiger partial charge in [0.2, 0.25) is 11.9 Å². The predicted octanol–water partition coefficient (Wildman–Crippen LogP) is 3.13. The van der Waals surface area contributed by atoms with Crippen molar-refractivity contribution in [2.75, 3.05) is 50.2 Å². The molecule has 1 unspecified atom stereocenters. The van der Waals surface area contributed by atoms with E-state index in [1.54, 1.807) is 60.7 Å². The Balaban J connectivity index is 1.22. The zero-order chi connectivity index (χ0) is 29.8. The molecule has 1 atom stereocenters. The molecule has 13 nitrogen and oxygen atoms in total. The summed E-state index contributed by atoms with van der Waals surface area (Å²) in [5.74, 6) is 2.53. The van der Waals surface area contributed by atoms with Crippen molar-refractivity contribution >= 4 is 35.0 Å². The van der Waals surface area contributed by atoms with E-state index in [9.17, 15) is 9.59 Å². The highest BCUT2D eigenvalue weighted by Crippen LogP contribution is 2.31. The summed E-state index contributed by atoms with van der Waals surface area (Å²) in [5.41, 5.74) is 1.42. The minimum Gasteiger partial charge on any atom is -0.497 e. The number of carbonyl (C=O) groups is 2. The number of piperazine rings is 1. The van der Waals surface area contributed by atoms with Crippen molar-refractivity contribution in [3.8, 4) is 23.2 Å². The second kappa shape index (κ2) is 12.4. The number of hydrogen-bond donors (Lipinski definition) is 2. The summed E-state index contributed by atoms with van der Waals surface area (Å²) < 4.78 is 18.1. The Hall–Kier alpha value is -5.04. The molecule has 6 rings (SSSR count). The molecule has 2 N–H and O–H groups in total. The van der Waals surface area contributed by atoms with E-state index in [4.69, 9.17) is 25.8 Å². The summed E-state index contributed by atoms with van der Waals surface area (Å²) in [6.45, 7) is 2.06. The van der Waals surface area contributed by atoms with Crippen molar-refractivity contribution in [1.29, 1.82) is 0 Å². The molecule has 14 heteroatoms. The van der Waals surface area contributed by atoms with Gasteiger partial charge in [-0.15, -0.1) is 0 Å². The number of methoxy groups -OCH3 is 1. The Labute approximate surface area is 252 Å². The minimum absolute atomic E-state index is 0.180. The Morgan fingerprint density at radius 1 is 1.05 bits per heavy atom. The fraction of sp³-hybridized carbons (Fsp3) is 0.276. The number of nitrogens with zero attached hydrogens (tertiary/aromatic N) is 6. The maximum atomic E-state index is 13.7. The standard InChI is InChI=1S/C29H29ClN8O5/c1-41-21-5-3-20(4-6-21)33-29(40)38-11-10-36(26-15-25(30)34-28(35-26)37-9-8-31-18-37)17-22(38)27(39)32-16-19-2-7-23-24(14-19)43-13-12-42-23/h2-9,14-15,18,22H,10-13,16-17H2,1H3,(H,32,39)(H,33,40). The predicted molar refractivity (Wildman–Crippen MR) is 158 cm³/mol. The SMILES string of the molecule is COc1ccc(NC(=O)N2CCN(c3cc(Cl)nc(-n4ccnc4)n3)CC2C(=O)NCc2ccc3c(c2)OCCO3)cc1. The average Bonchev–Trinajstić information content (AvgIpc) is 3.59. The van der Waals surface area contributed by atoms with Crippen LogP contribution in [0.3, 0.4) is 0 Å². The van der Waals surface area contributed by atoms with E-state index < -0.39 is 12.1 Å². The molecular weight excluding hydrogens is 576 g/mol. The normalized spacial score (nSPS) is 16.0. The number of halogens is 1. The lowest BCUT2D eigenvalue weighted by molar-refractivity contribution is -0.125. The van der Waals surface area contributed by atoms with E-state index in [0.29, 0.717) is 54.5 Å². The first-order chi connectivity index (χ1) is 21.0. The molecule has 0 spiro atoms. The lowest BCUT2D eigenvalue weighted by atomic mass is 10.1. The topological polar surface area (TPSA) is 136 Å². The summed E-state index contributed by atoms with van der Waals surface area (Å²) >= 11 is 6.35. The molecule has 4 heterocycles. The molecule has 2 aromatic heterocycles. The molecule has 2 aliphatic rings. The van der Waals surface area contributed by atoms with Gasteiger partial charge in [0, 0.05) is 50.3 Å². The van der Waals surface area contributed by atoms with Crippen molar-refractivity contribution in [2.45, 2.75) is 12.6 Å². The molecule has 3 amide bonds. The van der Waals surface area contributed by atoms with Gasteiger partial charge in [-0.1, -0.05) is 17.7 Å². The molecule has 2 aromatic carbocycles. The average molecular weight is 605 g/mol. The van der Waals surface area contributed by atoms with Crippen molar-refractivity contribution in [1.82, 2.24) is 29.7 Å². The number of hydrogen-bond acceptors (Lipinski definition) is 9. The van der Waals surface area contributed by atoms with Crippen LogP contribution in [0.1, 0.15) is 5.56 Å². The van der Waals surface area contributed by atoms with E-state index in [-0.39, 0.29) is 30.7 Å². The molecule has 0 saturated carbocycles. The van der Waals surface area contributed by atoms with Crippen molar-refractivity contribution in [3.05, 3.63) is 78.0 Å². The number of urea groups is 1. The highest BCUT2D eigenvalue weighted by molar-refractivity contribution is 6.29. The maximum Gasteiger partial charge on any atom is 0.322 e. The summed E-state index contributed by atoms with van der Waals surface area (Å²) in [6, 6.07) is 12.9. The third kappa shape index (κ3) is 6.41. The summed E-state index contributed by atoms with van der Waals surface area (Å²) in [5, 5.41) is 6.12. The minimum atomic E-state index is -0.838. The number of carbonyl (C=O) groups excluding carboxylic acids is 2. The van der Waals surface area contributed by atoms with Crippen LogP contribution in [0.25, 0.3) is 5.95 Å². The Morgan fingerprint density at radius 3 is 2.63 bits per heavy atom. The van der Waals surface area contributed by atoms with Gasteiger partial charge in [-0.2, -0.15) is 4.98 Å². The van der Waals surface area contributed by atoms with Gasteiger partial charge in [0.15, 0.2) is 11.5 Å². The monoisotopic (exact) mass is 604 g/mol. The van der Waals surface area contributed by atoms with Crippen LogP contribution < -0.4 is 29.7 Å². The second-order valence-corrected chi connectivity index (χ2v) is 10.2. The molecule has 1 fully saturated rings. The smallest absolute Gasteiger partial charge is 0.322 e. The number of fused-ring (bicyclic) bond motifs is 1. The van der Waals surface area contributed by atoms with Gasteiger partial charge in [-0.25, -0.2) is 14.8 Å². The van der Waals surface area contributed by atoms with Crippen LogP contribution in [0.5, 0.6) is 17.2 Å². The maximum absolute atomic E-state index is 13.7. The fourth-order valence-corrected chi connectivity index (χ4v) is 5.05. The number of imidazole rings is 1. The van der Waals surface area contributed by atoms with Crippen molar-refractivity contribution in [2.24, 2.45) is 0 Å². The van der Waals surface area contributed by atoms with Crippen LogP contribution in [0, 0.1) is 0 Å². The summed E-state index contributed by atoms with van der Waals surface area (Å²) in [6.07, 6.45) is 4.90. The van der Waals surface area contributed by atoms with E-state index >= 15 is 0 Å². The van der Waals surface area contributed by atoms with Crippen LogP contribution in [0.4, 0.5) is 16.3 Å². The van der Waals surface area contributed by atoms with E-state index in [2.05, 4.69) is 25.6 Å². The lowest BCUT2D eigenvalue weighted by Crippen LogP contribution is -2.61. The number of ether oxygens (including phenoxy) is 3. The molecule has 2 aliphatic heterocycles. The number of aromatic nitrogens is 4. The number of nitrogens with one attached hydrogen (secondary N) is 2. The molecule has 43 heavy (non-hydrogen) atoms. The summed E-state index contributed by atoms with van der Waals surface area (Å²) in [4.78, 5) is 43.6. The molecular formula is C29H29ClN8O5. The van der Waals surface area contributed by atoms with Crippen LogP contribution in [-0.2, 0) is 11.3 Å². The molecule has 0 aliphatic carbocycles. The number of rotatable bonds is 7. The molecule has 0 radical (unpaired) electrons. The van der Waals surface area contributed by atoms with Crippen LogP contribution >= 0.6 is 11.6 Å². The highest BCUT2D eigenvalue weighted by Gasteiger charge is 2.36. The second-order valence-electron chi connectivity index (χ2n) is 9.83. The van der Waals surface area contributed by atoms with Crippen LogP contribution in [0.2, 0.25) is 5.15 Å². The summed E-state index contributed by atoms with van der Waals surface area (Å²) in [7, 11) is 1.57. The van der Waals surface area contributed by atoms with Gasteiger partial charge in [0.25, 0.3) is 0 Å². The number of amides is 3. The Morgan fingerprint density at radius 2 is 1.86 bits per heavy atom. The van der Waals surface area contributed by atoms with Gasteiger partial charge in [0.1, 0.15) is 42.3 Å². The Bertz CT molecular complexity index is 1600. The first-order valence-electron chi connectivity index (χ1n) is 13.6. The number of anilines is 2. The van der Waals surface area contributed by atoms with E-state index in [0.717, 1.165) is 5.56 Å². The molecule has 0 bridgehead atoms.